The van der Waals surface area contributed by atoms with E-state index in [1.165, 1.54) is 77.0 Å². The third-order valence-electron chi connectivity index (χ3n) is 5.32. The van der Waals surface area contributed by atoms with Gasteiger partial charge in [-0.2, -0.15) is 8.42 Å². The fourth-order valence-electron chi connectivity index (χ4n) is 3.51. The van der Waals surface area contributed by atoms with Crippen LogP contribution in [0.25, 0.3) is 0 Å². The molecule has 0 amide bonds. The van der Waals surface area contributed by atoms with E-state index >= 15 is 0 Å². The Morgan fingerprint density at radius 1 is 0.677 bits per heavy atom. The van der Waals surface area contributed by atoms with Crippen molar-refractivity contribution in [2.45, 2.75) is 115 Å². The molecule has 0 N–H and O–H groups in total. The van der Waals surface area contributed by atoms with E-state index in [-0.39, 0.29) is 42.5 Å². The summed E-state index contributed by atoms with van der Waals surface area (Å²) in [6.45, 7) is 4.88. The molecule has 0 saturated carbocycles. The maximum absolute atomic E-state index is 12.3. The van der Waals surface area contributed by atoms with Crippen LogP contribution in [-0.4, -0.2) is 21.6 Å². The van der Waals surface area contributed by atoms with Gasteiger partial charge in [0.2, 0.25) is 0 Å². The quantitative estimate of drug-likeness (QED) is 0.158. The maximum Gasteiger partial charge on any atom is 1.00 e. The van der Waals surface area contributed by atoms with Crippen LogP contribution in [0.1, 0.15) is 112 Å². The van der Waals surface area contributed by atoms with Gasteiger partial charge in [-0.3, -0.25) is 4.18 Å². The summed E-state index contributed by atoms with van der Waals surface area (Å²) in [6.07, 6.45) is 19.0. The third-order valence-corrected chi connectivity index (χ3v) is 6.67. The number of unbranched alkanes of at least 4 members (excludes halogenated alkanes) is 13. The molecule has 0 bridgehead atoms. The predicted octanol–water partition coefficient (Wildman–Crippen LogP) is 4.78. The zero-order chi connectivity index (χ0) is 21.9. The summed E-state index contributed by atoms with van der Waals surface area (Å²) >= 11 is 0. The summed E-state index contributed by atoms with van der Waals surface area (Å²) in [7, 11) is -3.75. The van der Waals surface area contributed by atoms with E-state index < -0.39 is 10.1 Å². The standard InChI is InChI=1S/C25H44O4S.Na.H/c1-3-5-6-7-8-9-10-11-12-13-14-15-16-19-23-28-24-20-17-18-21-25(24)30(26,27)29-22-4-2;;/h17-18,20-21H,3-16,19,22-23H2,1-2H3;;/q;+1;-1. The first-order chi connectivity index (χ1) is 14.6. The van der Waals surface area contributed by atoms with E-state index in [2.05, 4.69) is 6.92 Å². The minimum atomic E-state index is -3.75. The summed E-state index contributed by atoms with van der Waals surface area (Å²) in [5.41, 5.74) is 0. The minimum Gasteiger partial charge on any atom is -1.00 e. The molecular formula is C25H45NaO4S. The second-order valence-electron chi connectivity index (χ2n) is 8.17. The number of hydrogen-bond donors (Lipinski definition) is 0. The zero-order valence-electron chi connectivity index (χ0n) is 21.4. The molecular weight excluding hydrogens is 419 g/mol. The van der Waals surface area contributed by atoms with Crippen molar-refractivity contribution >= 4 is 10.1 Å². The Bertz CT molecular complexity index is 641. The van der Waals surface area contributed by atoms with E-state index in [0.717, 1.165) is 12.8 Å². The molecule has 176 valence electrons. The van der Waals surface area contributed by atoms with Gasteiger partial charge in [0.15, 0.2) is 0 Å². The largest absolute Gasteiger partial charge is 1.00 e. The van der Waals surface area contributed by atoms with Gasteiger partial charge in [0.1, 0.15) is 10.6 Å². The molecule has 0 saturated heterocycles. The van der Waals surface area contributed by atoms with Gasteiger partial charge in [-0.15, -0.1) is 0 Å². The van der Waals surface area contributed by atoms with Crippen LogP contribution in [0.5, 0.6) is 5.75 Å². The van der Waals surface area contributed by atoms with E-state index in [9.17, 15) is 8.42 Å². The summed E-state index contributed by atoms with van der Waals surface area (Å²) in [5.74, 6) is 0.392. The average Bonchev–Trinajstić information content (AvgIpc) is 2.75. The van der Waals surface area contributed by atoms with Crippen LogP contribution in [0, 0.1) is 0 Å². The molecule has 6 heteroatoms. The van der Waals surface area contributed by atoms with E-state index in [0.29, 0.717) is 18.8 Å². The van der Waals surface area contributed by atoms with Gasteiger partial charge in [0, 0.05) is 0 Å². The average molecular weight is 465 g/mol. The fourth-order valence-corrected chi connectivity index (χ4v) is 4.64. The van der Waals surface area contributed by atoms with Gasteiger partial charge in [-0.1, -0.05) is 109 Å². The van der Waals surface area contributed by atoms with Crippen molar-refractivity contribution in [1.82, 2.24) is 0 Å². The van der Waals surface area contributed by atoms with Crippen LogP contribution in [-0.2, 0) is 14.3 Å². The fraction of sp³-hybridized carbons (Fsp3) is 0.760. The first kappa shape index (κ1) is 30.9. The van der Waals surface area contributed by atoms with Gasteiger partial charge in [-0.05, 0) is 25.0 Å². The van der Waals surface area contributed by atoms with Crippen molar-refractivity contribution in [2.24, 2.45) is 0 Å². The number of rotatable bonds is 20. The molecule has 0 atom stereocenters. The number of para-hydroxylation sites is 1. The molecule has 0 spiro atoms. The van der Waals surface area contributed by atoms with Crippen LogP contribution < -0.4 is 34.3 Å². The van der Waals surface area contributed by atoms with Gasteiger partial charge >= 0.3 is 39.7 Å². The molecule has 0 heterocycles. The molecule has 0 fully saturated rings. The Kier molecular flexibility index (Phi) is 20.5. The molecule has 1 rings (SSSR count). The van der Waals surface area contributed by atoms with Crippen molar-refractivity contribution in [1.29, 1.82) is 0 Å². The molecule has 31 heavy (non-hydrogen) atoms. The van der Waals surface area contributed by atoms with Gasteiger partial charge in [0.25, 0.3) is 0 Å². The van der Waals surface area contributed by atoms with Gasteiger partial charge in [-0.25, -0.2) is 0 Å². The Hall–Kier alpha value is -0.0700. The first-order valence-electron chi connectivity index (χ1n) is 12.2. The van der Waals surface area contributed by atoms with Crippen LogP contribution in [0.2, 0.25) is 0 Å². The number of ether oxygens (including phenoxy) is 1. The molecule has 0 aliphatic rings. The Morgan fingerprint density at radius 2 is 1.16 bits per heavy atom. The Balaban J connectivity index is 0. The van der Waals surface area contributed by atoms with Crippen molar-refractivity contribution < 1.29 is 48.3 Å². The predicted molar refractivity (Wildman–Crippen MR) is 127 cm³/mol. The van der Waals surface area contributed by atoms with E-state index in [1.54, 1.807) is 24.3 Å². The smallest absolute Gasteiger partial charge is 1.00 e. The monoisotopic (exact) mass is 464 g/mol. The molecule has 1 aromatic rings. The molecule has 4 nitrogen and oxygen atoms in total. The topological polar surface area (TPSA) is 52.6 Å². The van der Waals surface area contributed by atoms with Gasteiger partial charge in [0.05, 0.1) is 13.2 Å². The van der Waals surface area contributed by atoms with Crippen molar-refractivity contribution in [3.63, 3.8) is 0 Å². The normalized spacial score (nSPS) is 11.3. The van der Waals surface area contributed by atoms with Crippen LogP contribution >= 0.6 is 0 Å². The second-order valence-corrected chi connectivity index (χ2v) is 9.75. The van der Waals surface area contributed by atoms with Gasteiger partial charge < -0.3 is 6.16 Å². The van der Waals surface area contributed by atoms with Crippen molar-refractivity contribution in [3.05, 3.63) is 24.3 Å². The number of benzene rings is 1. The maximum atomic E-state index is 12.3. The van der Waals surface area contributed by atoms with Crippen molar-refractivity contribution in [3.8, 4) is 5.75 Å². The molecule has 0 aliphatic heterocycles. The minimum absolute atomic E-state index is 0. The Morgan fingerprint density at radius 3 is 1.68 bits per heavy atom. The van der Waals surface area contributed by atoms with E-state index in [4.69, 9.17) is 8.92 Å². The first-order valence-corrected chi connectivity index (χ1v) is 13.6. The van der Waals surface area contributed by atoms with Crippen LogP contribution in [0.3, 0.4) is 0 Å². The number of hydrogen-bond acceptors (Lipinski definition) is 4. The summed E-state index contributed by atoms with van der Waals surface area (Å²) in [6, 6.07) is 6.73. The second kappa shape index (κ2) is 20.5. The summed E-state index contributed by atoms with van der Waals surface area (Å²) in [5, 5.41) is 0. The molecule has 0 aromatic heterocycles. The van der Waals surface area contributed by atoms with Crippen molar-refractivity contribution in [2.75, 3.05) is 13.2 Å². The zero-order valence-corrected chi connectivity index (χ0v) is 23.2. The summed E-state index contributed by atoms with van der Waals surface area (Å²) in [4.78, 5) is 0.129. The molecule has 1 aromatic carbocycles. The summed E-state index contributed by atoms with van der Waals surface area (Å²) < 4.78 is 35.3. The van der Waals surface area contributed by atoms with Crippen LogP contribution in [0.4, 0.5) is 0 Å². The molecule has 0 radical (unpaired) electrons. The molecule has 0 unspecified atom stereocenters. The third kappa shape index (κ3) is 15.4. The van der Waals surface area contributed by atoms with Crippen LogP contribution in [0.15, 0.2) is 29.2 Å². The van der Waals surface area contributed by atoms with E-state index in [1.807, 2.05) is 6.92 Å². The molecule has 0 aliphatic carbocycles. The Labute approximate surface area is 215 Å². The SMILES string of the molecule is CCCCCCCCCCCCCCCCOc1ccccc1S(=O)(=O)OCCC.[H-].[Na+].